The number of hydrogen-bond acceptors (Lipinski definition) is 2. The highest BCUT2D eigenvalue weighted by atomic mass is 79.9. The minimum Gasteiger partial charge on any atom is -0.331 e. The summed E-state index contributed by atoms with van der Waals surface area (Å²) in [6.07, 6.45) is 4.72. The Kier molecular flexibility index (Phi) is 2.99. The Bertz CT molecular complexity index is 309. The van der Waals surface area contributed by atoms with Crippen LogP contribution in [0.1, 0.15) is 24.4 Å². The topological polar surface area (TPSA) is 17.8 Å². The van der Waals surface area contributed by atoms with Crippen LogP contribution in [0, 0.1) is 0 Å². The smallest absolute Gasteiger partial charge is 0.127 e. The molecule has 2 heterocycles. The monoisotopic (exact) mass is 260 g/mol. The molecule has 0 radical (unpaired) electrons. The first-order valence-electron chi connectivity index (χ1n) is 4.67. The molecular weight excluding hydrogens is 248 g/mol. The van der Waals surface area contributed by atoms with Crippen LogP contribution < -0.4 is 0 Å². The zero-order chi connectivity index (χ0) is 9.26. The lowest BCUT2D eigenvalue weighted by atomic mass is 10.1. The third kappa shape index (κ3) is 1.79. The molecule has 0 saturated heterocycles. The van der Waals surface area contributed by atoms with Crippen molar-refractivity contribution in [2.45, 2.75) is 32.2 Å². The van der Waals surface area contributed by atoms with Gasteiger partial charge in [-0.2, -0.15) is 12.6 Å². The lowest BCUT2D eigenvalue weighted by Gasteiger charge is -2.16. The Morgan fingerprint density at radius 2 is 2.31 bits per heavy atom. The van der Waals surface area contributed by atoms with Gasteiger partial charge in [-0.3, -0.25) is 0 Å². The minimum absolute atomic E-state index is 0.878. The predicted octanol–water partition coefficient (Wildman–Crippen LogP) is 2.45. The summed E-state index contributed by atoms with van der Waals surface area (Å²) in [5.41, 5.74) is 1.38. The Morgan fingerprint density at radius 3 is 3.08 bits per heavy atom. The van der Waals surface area contributed by atoms with Crippen molar-refractivity contribution in [3.63, 3.8) is 0 Å². The van der Waals surface area contributed by atoms with Gasteiger partial charge in [-0.05, 0) is 40.9 Å². The zero-order valence-corrected chi connectivity index (χ0v) is 9.94. The van der Waals surface area contributed by atoms with Crippen molar-refractivity contribution >= 4 is 28.6 Å². The van der Waals surface area contributed by atoms with Gasteiger partial charge >= 0.3 is 0 Å². The molecule has 1 aliphatic rings. The average molecular weight is 261 g/mol. The molecule has 4 heteroatoms. The molecule has 1 aliphatic heterocycles. The minimum atomic E-state index is 0.878. The van der Waals surface area contributed by atoms with E-state index in [2.05, 4.69) is 38.1 Å². The van der Waals surface area contributed by atoms with Gasteiger partial charge in [0.2, 0.25) is 0 Å². The van der Waals surface area contributed by atoms with Crippen LogP contribution in [-0.2, 0) is 19.4 Å². The number of halogens is 1. The Balaban J connectivity index is 2.36. The third-order valence-electron chi connectivity index (χ3n) is 2.48. The van der Waals surface area contributed by atoms with Crippen LogP contribution in [0.4, 0.5) is 0 Å². The van der Waals surface area contributed by atoms with Gasteiger partial charge in [0, 0.05) is 13.0 Å². The molecule has 0 spiro atoms. The largest absolute Gasteiger partial charge is 0.331 e. The van der Waals surface area contributed by atoms with E-state index >= 15 is 0 Å². The van der Waals surface area contributed by atoms with E-state index in [4.69, 9.17) is 0 Å². The van der Waals surface area contributed by atoms with Crippen LogP contribution in [0.2, 0.25) is 0 Å². The first-order valence-corrected chi connectivity index (χ1v) is 6.10. The van der Waals surface area contributed by atoms with Crippen molar-refractivity contribution < 1.29 is 0 Å². The highest BCUT2D eigenvalue weighted by Gasteiger charge is 2.17. The number of aryl methyl sites for hydroxylation is 1. The average Bonchev–Trinajstić information content (AvgIpc) is 2.46. The molecule has 2 rings (SSSR count). The second-order valence-electron chi connectivity index (χ2n) is 3.35. The molecule has 1 aromatic rings. The van der Waals surface area contributed by atoms with Crippen molar-refractivity contribution in [2.75, 3.05) is 5.75 Å². The summed E-state index contributed by atoms with van der Waals surface area (Å²) in [7, 11) is 0. The van der Waals surface area contributed by atoms with Crippen molar-refractivity contribution in [3.05, 3.63) is 16.1 Å². The van der Waals surface area contributed by atoms with E-state index in [1.54, 1.807) is 0 Å². The maximum atomic E-state index is 4.51. The molecule has 0 bridgehead atoms. The van der Waals surface area contributed by atoms with Crippen LogP contribution in [0.3, 0.4) is 0 Å². The molecule has 0 atom stereocenters. The van der Waals surface area contributed by atoms with Crippen LogP contribution in [0.15, 0.2) is 4.60 Å². The van der Waals surface area contributed by atoms with Crippen molar-refractivity contribution in [1.82, 2.24) is 9.55 Å². The fraction of sp³-hybridized carbons (Fsp3) is 0.667. The number of imidazole rings is 1. The van der Waals surface area contributed by atoms with Gasteiger partial charge in [0.25, 0.3) is 0 Å². The second kappa shape index (κ2) is 4.05. The highest BCUT2D eigenvalue weighted by Crippen LogP contribution is 2.24. The number of aromatic nitrogens is 2. The summed E-state index contributed by atoms with van der Waals surface area (Å²) in [5, 5.41) is 0. The summed E-state index contributed by atoms with van der Waals surface area (Å²) in [5.74, 6) is 2.07. The SMILES string of the molecule is SCCc1nc(Br)c2n1CCCC2. The van der Waals surface area contributed by atoms with Gasteiger partial charge in [-0.25, -0.2) is 4.98 Å². The molecule has 0 fully saturated rings. The lowest BCUT2D eigenvalue weighted by molar-refractivity contribution is 0.516. The number of nitrogens with zero attached hydrogens (tertiary/aromatic N) is 2. The summed E-state index contributed by atoms with van der Waals surface area (Å²) < 4.78 is 3.40. The first-order chi connectivity index (χ1) is 6.33. The summed E-state index contributed by atoms with van der Waals surface area (Å²) in [4.78, 5) is 4.51. The molecule has 72 valence electrons. The van der Waals surface area contributed by atoms with Gasteiger partial charge in [0.1, 0.15) is 10.4 Å². The number of rotatable bonds is 2. The first kappa shape index (κ1) is 9.59. The van der Waals surface area contributed by atoms with Crippen LogP contribution in [-0.4, -0.2) is 15.3 Å². The standard InChI is InChI=1S/C9H13BrN2S/c10-9-7-3-1-2-5-12(7)8(11-9)4-6-13/h13H,1-6H2. The molecule has 0 unspecified atom stereocenters. The highest BCUT2D eigenvalue weighted by molar-refractivity contribution is 9.10. The lowest BCUT2D eigenvalue weighted by Crippen LogP contribution is -2.13. The van der Waals surface area contributed by atoms with Gasteiger partial charge in [0.15, 0.2) is 0 Å². The number of fused-ring (bicyclic) bond motifs is 1. The normalized spacial score (nSPS) is 15.8. The molecular formula is C9H13BrN2S. The van der Waals surface area contributed by atoms with E-state index in [0.717, 1.165) is 23.3 Å². The van der Waals surface area contributed by atoms with E-state index in [-0.39, 0.29) is 0 Å². The molecule has 0 aliphatic carbocycles. The predicted molar refractivity (Wildman–Crippen MR) is 60.4 cm³/mol. The Labute approximate surface area is 92.3 Å². The number of thiol groups is 1. The molecule has 1 aromatic heterocycles. The van der Waals surface area contributed by atoms with Gasteiger partial charge in [0.05, 0.1) is 5.69 Å². The number of hydrogen-bond donors (Lipinski definition) is 1. The fourth-order valence-electron chi connectivity index (χ4n) is 1.86. The van der Waals surface area contributed by atoms with E-state index in [0.29, 0.717) is 0 Å². The van der Waals surface area contributed by atoms with Crippen LogP contribution >= 0.6 is 28.6 Å². The van der Waals surface area contributed by atoms with E-state index in [1.807, 2.05) is 0 Å². The van der Waals surface area contributed by atoms with Crippen molar-refractivity contribution in [2.24, 2.45) is 0 Å². The van der Waals surface area contributed by atoms with Crippen LogP contribution in [0.25, 0.3) is 0 Å². The maximum Gasteiger partial charge on any atom is 0.127 e. The van der Waals surface area contributed by atoms with E-state index < -0.39 is 0 Å². The van der Waals surface area contributed by atoms with E-state index in [9.17, 15) is 0 Å². The Hall–Kier alpha value is 0.0400. The molecule has 0 amide bonds. The summed E-state index contributed by atoms with van der Waals surface area (Å²) in [6, 6.07) is 0. The molecule has 13 heavy (non-hydrogen) atoms. The second-order valence-corrected chi connectivity index (χ2v) is 4.55. The van der Waals surface area contributed by atoms with Crippen molar-refractivity contribution in [3.8, 4) is 0 Å². The fourth-order valence-corrected chi connectivity index (χ4v) is 2.68. The van der Waals surface area contributed by atoms with Crippen LogP contribution in [0.5, 0.6) is 0 Å². The molecule has 0 saturated carbocycles. The molecule has 2 nitrogen and oxygen atoms in total. The molecule has 0 N–H and O–H groups in total. The maximum absolute atomic E-state index is 4.51. The zero-order valence-electron chi connectivity index (χ0n) is 7.46. The van der Waals surface area contributed by atoms with Gasteiger partial charge < -0.3 is 4.57 Å². The Morgan fingerprint density at radius 1 is 1.46 bits per heavy atom. The quantitative estimate of drug-likeness (QED) is 0.810. The third-order valence-corrected chi connectivity index (χ3v) is 3.34. The summed E-state index contributed by atoms with van der Waals surface area (Å²) in [6.45, 7) is 1.14. The van der Waals surface area contributed by atoms with Crippen molar-refractivity contribution in [1.29, 1.82) is 0 Å². The van der Waals surface area contributed by atoms with Gasteiger partial charge in [-0.15, -0.1) is 0 Å². The van der Waals surface area contributed by atoms with Gasteiger partial charge in [-0.1, -0.05) is 0 Å². The molecule has 0 aromatic carbocycles. The summed E-state index contributed by atoms with van der Waals surface area (Å²) >= 11 is 7.76. The van der Waals surface area contributed by atoms with E-state index in [1.165, 1.54) is 30.8 Å².